The number of nitrogens with one attached hydrogen (secondary N) is 1. The van der Waals surface area contributed by atoms with Crippen LogP contribution in [-0.2, 0) is 4.79 Å². The molecule has 1 aromatic carbocycles. The number of anilines is 1. The van der Waals surface area contributed by atoms with Crippen LogP contribution in [0.15, 0.2) is 47.1 Å². The third kappa shape index (κ3) is 3.48. The minimum atomic E-state index is -0.229. The number of carbonyl (C=O) groups is 2. The van der Waals surface area contributed by atoms with Gasteiger partial charge in [0.05, 0.1) is 23.0 Å². The van der Waals surface area contributed by atoms with Crippen LogP contribution in [0.4, 0.5) is 5.69 Å². The standard InChI is InChI=1S/C18H18BrN3O2/c1-12(15-9-8-13(19)11-20-15)21-18(24)14-5-2-3-6-16(14)22-10-4-7-17(22)23/h2-3,5-6,8-9,11-12H,4,7,10H2,1H3,(H,21,24). The average molecular weight is 388 g/mol. The quantitative estimate of drug-likeness (QED) is 0.873. The van der Waals surface area contributed by atoms with E-state index in [1.807, 2.05) is 37.3 Å². The van der Waals surface area contributed by atoms with Crippen molar-refractivity contribution in [1.29, 1.82) is 0 Å². The molecule has 1 saturated heterocycles. The number of para-hydroxylation sites is 1. The molecule has 1 unspecified atom stereocenters. The van der Waals surface area contributed by atoms with Gasteiger partial charge in [-0.05, 0) is 53.5 Å². The van der Waals surface area contributed by atoms with Gasteiger partial charge in [-0.15, -0.1) is 0 Å². The van der Waals surface area contributed by atoms with E-state index in [2.05, 4.69) is 26.2 Å². The van der Waals surface area contributed by atoms with E-state index in [1.54, 1.807) is 17.2 Å². The van der Waals surface area contributed by atoms with E-state index < -0.39 is 0 Å². The highest BCUT2D eigenvalue weighted by Crippen LogP contribution is 2.26. The molecule has 1 aromatic heterocycles. The fraction of sp³-hybridized carbons (Fsp3) is 0.278. The number of benzene rings is 1. The SMILES string of the molecule is CC(NC(=O)c1ccccc1N1CCCC1=O)c1ccc(Br)cn1. The summed E-state index contributed by atoms with van der Waals surface area (Å²) in [5, 5.41) is 2.96. The van der Waals surface area contributed by atoms with Crippen LogP contribution < -0.4 is 10.2 Å². The number of nitrogens with zero attached hydrogens (tertiary/aromatic N) is 2. The summed E-state index contributed by atoms with van der Waals surface area (Å²) in [5.74, 6) is -0.139. The van der Waals surface area contributed by atoms with Crippen molar-refractivity contribution in [2.24, 2.45) is 0 Å². The van der Waals surface area contributed by atoms with Crippen molar-refractivity contribution in [2.45, 2.75) is 25.8 Å². The van der Waals surface area contributed by atoms with Gasteiger partial charge in [-0.2, -0.15) is 0 Å². The average Bonchev–Trinajstić information content (AvgIpc) is 3.01. The monoisotopic (exact) mass is 387 g/mol. The number of hydrogen-bond donors (Lipinski definition) is 1. The molecule has 3 rings (SSSR count). The second-order valence-corrected chi connectivity index (χ2v) is 6.68. The smallest absolute Gasteiger partial charge is 0.253 e. The van der Waals surface area contributed by atoms with Crippen LogP contribution in [0.3, 0.4) is 0 Å². The van der Waals surface area contributed by atoms with Crippen LogP contribution in [0.1, 0.15) is 41.9 Å². The number of halogens is 1. The van der Waals surface area contributed by atoms with Gasteiger partial charge in [0.1, 0.15) is 0 Å². The summed E-state index contributed by atoms with van der Waals surface area (Å²) >= 11 is 3.35. The van der Waals surface area contributed by atoms with Crippen LogP contribution >= 0.6 is 15.9 Å². The van der Waals surface area contributed by atoms with E-state index >= 15 is 0 Å². The first-order valence-electron chi connectivity index (χ1n) is 7.88. The van der Waals surface area contributed by atoms with Crippen LogP contribution in [-0.4, -0.2) is 23.3 Å². The van der Waals surface area contributed by atoms with Crippen molar-refractivity contribution in [3.8, 4) is 0 Å². The zero-order chi connectivity index (χ0) is 17.1. The number of aromatic nitrogens is 1. The van der Waals surface area contributed by atoms with E-state index in [0.29, 0.717) is 24.2 Å². The molecule has 1 N–H and O–H groups in total. The lowest BCUT2D eigenvalue weighted by molar-refractivity contribution is -0.117. The molecule has 0 spiro atoms. The number of hydrogen-bond acceptors (Lipinski definition) is 3. The molecule has 6 heteroatoms. The van der Waals surface area contributed by atoms with Gasteiger partial charge in [-0.3, -0.25) is 14.6 Å². The van der Waals surface area contributed by atoms with Crippen molar-refractivity contribution in [3.63, 3.8) is 0 Å². The number of pyridine rings is 1. The predicted octanol–water partition coefficient (Wildman–Crippen LogP) is 3.46. The van der Waals surface area contributed by atoms with Gasteiger partial charge < -0.3 is 10.2 Å². The Hall–Kier alpha value is -2.21. The zero-order valence-corrected chi connectivity index (χ0v) is 14.9. The fourth-order valence-corrected chi connectivity index (χ4v) is 3.03. The molecule has 0 bridgehead atoms. The number of amides is 2. The Morgan fingerprint density at radius 1 is 1.29 bits per heavy atom. The third-order valence-corrected chi connectivity index (χ3v) is 4.52. The normalized spacial score (nSPS) is 15.4. The van der Waals surface area contributed by atoms with Gasteiger partial charge in [-0.25, -0.2) is 0 Å². The summed E-state index contributed by atoms with van der Waals surface area (Å²) in [5.41, 5.74) is 1.96. The van der Waals surface area contributed by atoms with E-state index in [4.69, 9.17) is 0 Å². The summed E-state index contributed by atoms with van der Waals surface area (Å²) in [4.78, 5) is 30.7. The van der Waals surface area contributed by atoms with Crippen LogP contribution in [0, 0.1) is 0 Å². The molecule has 1 fully saturated rings. The van der Waals surface area contributed by atoms with Crippen molar-refractivity contribution in [2.75, 3.05) is 11.4 Å². The topological polar surface area (TPSA) is 62.3 Å². The summed E-state index contributed by atoms with van der Waals surface area (Å²) < 4.78 is 0.891. The summed E-state index contributed by atoms with van der Waals surface area (Å²) in [6.45, 7) is 2.55. The lowest BCUT2D eigenvalue weighted by atomic mass is 10.1. The molecule has 2 aromatic rings. The van der Waals surface area contributed by atoms with E-state index in [1.165, 1.54) is 0 Å². The second-order valence-electron chi connectivity index (χ2n) is 5.76. The molecule has 2 amide bonds. The first-order chi connectivity index (χ1) is 11.6. The van der Waals surface area contributed by atoms with Crippen LogP contribution in [0.25, 0.3) is 0 Å². The first kappa shape index (κ1) is 16.6. The van der Waals surface area contributed by atoms with Gasteiger partial charge in [0, 0.05) is 23.6 Å². The van der Waals surface area contributed by atoms with Crippen molar-refractivity contribution < 1.29 is 9.59 Å². The maximum atomic E-state index is 12.7. The summed E-state index contributed by atoms with van der Waals surface area (Å²) in [7, 11) is 0. The molecule has 1 aliphatic heterocycles. The molecule has 0 saturated carbocycles. The van der Waals surface area contributed by atoms with Gasteiger partial charge in [0.2, 0.25) is 5.91 Å². The first-order valence-corrected chi connectivity index (χ1v) is 8.67. The summed E-state index contributed by atoms with van der Waals surface area (Å²) in [6.07, 6.45) is 3.07. The predicted molar refractivity (Wildman–Crippen MR) is 95.8 cm³/mol. The maximum Gasteiger partial charge on any atom is 0.253 e. The lowest BCUT2D eigenvalue weighted by Gasteiger charge is -2.20. The largest absolute Gasteiger partial charge is 0.344 e. The third-order valence-electron chi connectivity index (χ3n) is 4.05. The van der Waals surface area contributed by atoms with Gasteiger partial charge in [0.25, 0.3) is 5.91 Å². The molecule has 0 aliphatic carbocycles. The highest BCUT2D eigenvalue weighted by Gasteiger charge is 2.26. The van der Waals surface area contributed by atoms with Gasteiger partial charge >= 0.3 is 0 Å². The number of rotatable bonds is 4. The minimum absolute atomic E-state index is 0.0675. The second kappa shape index (κ2) is 7.13. The van der Waals surface area contributed by atoms with Crippen molar-refractivity contribution in [3.05, 3.63) is 58.3 Å². The molecule has 0 radical (unpaired) electrons. The van der Waals surface area contributed by atoms with Crippen molar-refractivity contribution in [1.82, 2.24) is 10.3 Å². The van der Waals surface area contributed by atoms with Crippen LogP contribution in [0.5, 0.6) is 0 Å². The highest BCUT2D eigenvalue weighted by molar-refractivity contribution is 9.10. The van der Waals surface area contributed by atoms with E-state index in [9.17, 15) is 9.59 Å². The Morgan fingerprint density at radius 2 is 2.08 bits per heavy atom. The molecule has 5 nitrogen and oxygen atoms in total. The molecule has 24 heavy (non-hydrogen) atoms. The Labute approximate surface area is 149 Å². The maximum absolute atomic E-state index is 12.7. The van der Waals surface area contributed by atoms with E-state index in [-0.39, 0.29) is 17.9 Å². The summed E-state index contributed by atoms with van der Waals surface area (Å²) in [6, 6.07) is 10.7. The Morgan fingerprint density at radius 3 is 2.75 bits per heavy atom. The molecule has 124 valence electrons. The Kier molecular flexibility index (Phi) is 4.94. The number of carbonyl (C=O) groups excluding carboxylic acids is 2. The van der Waals surface area contributed by atoms with Gasteiger partial charge in [-0.1, -0.05) is 12.1 Å². The lowest BCUT2D eigenvalue weighted by Crippen LogP contribution is -2.31. The van der Waals surface area contributed by atoms with Crippen molar-refractivity contribution >= 4 is 33.4 Å². The Bertz CT molecular complexity index is 761. The van der Waals surface area contributed by atoms with Crippen LogP contribution in [0.2, 0.25) is 0 Å². The molecule has 1 atom stereocenters. The fourth-order valence-electron chi connectivity index (χ4n) is 2.80. The zero-order valence-electron chi connectivity index (χ0n) is 13.3. The highest BCUT2D eigenvalue weighted by atomic mass is 79.9. The van der Waals surface area contributed by atoms with E-state index in [0.717, 1.165) is 16.6 Å². The minimum Gasteiger partial charge on any atom is -0.344 e. The molecular formula is C18H18BrN3O2. The molecule has 2 heterocycles. The molecule has 1 aliphatic rings. The molecular weight excluding hydrogens is 370 g/mol. The Balaban J connectivity index is 1.80. The van der Waals surface area contributed by atoms with Gasteiger partial charge in [0.15, 0.2) is 0 Å².